The summed E-state index contributed by atoms with van der Waals surface area (Å²) in [5, 5.41) is 0. The number of ether oxygens (including phenoxy) is 1. The van der Waals surface area contributed by atoms with E-state index in [1.54, 1.807) is 0 Å². The number of sulfonamides is 1. The number of nitrogens with zero attached hydrogens (tertiary/aromatic N) is 2. The van der Waals surface area contributed by atoms with E-state index in [4.69, 9.17) is 4.74 Å². The van der Waals surface area contributed by atoms with E-state index in [0.717, 1.165) is 37.7 Å². The van der Waals surface area contributed by atoms with Crippen molar-refractivity contribution in [2.75, 3.05) is 32.8 Å². The summed E-state index contributed by atoms with van der Waals surface area (Å²) in [6.45, 7) is 3.36. The van der Waals surface area contributed by atoms with Crippen LogP contribution in [0.4, 0.5) is 8.78 Å². The fourth-order valence-corrected chi connectivity index (χ4v) is 5.71. The van der Waals surface area contributed by atoms with Crippen molar-refractivity contribution in [1.82, 2.24) is 9.21 Å². The first-order valence-corrected chi connectivity index (χ1v) is 10.2. The van der Waals surface area contributed by atoms with E-state index >= 15 is 0 Å². The number of halogens is 2. The van der Waals surface area contributed by atoms with Gasteiger partial charge in [0.2, 0.25) is 10.0 Å². The maximum atomic E-state index is 13.4. The summed E-state index contributed by atoms with van der Waals surface area (Å²) in [6.07, 6.45) is 4.52. The fourth-order valence-electron chi connectivity index (χ4n) is 4.11. The molecule has 4 rings (SSSR count). The normalized spacial score (nSPS) is 27.5. The van der Waals surface area contributed by atoms with Crippen LogP contribution in [0.1, 0.15) is 25.7 Å². The average molecular weight is 372 g/mol. The highest BCUT2D eigenvalue weighted by Crippen LogP contribution is 2.40. The second kappa shape index (κ2) is 6.26. The van der Waals surface area contributed by atoms with Crippen LogP contribution in [0.5, 0.6) is 0 Å². The lowest BCUT2D eigenvalue weighted by atomic mass is 9.91. The third kappa shape index (κ3) is 3.09. The van der Waals surface area contributed by atoms with Crippen molar-refractivity contribution in [3.63, 3.8) is 0 Å². The summed E-state index contributed by atoms with van der Waals surface area (Å²) in [5.41, 5.74) is -0.423. The van der Waals surface area contributed by atoms with Gasteiger partial charge >= 0.3 is 0 Å². The molecule has 3 saturated heterocycles. The van der Waals surface area contributed by atoms with Gasteiger partial charge in [-0.2, -0.15) is 4.31 Å². The van der Waals surface area contributed by atoms with Crippen LogP contribution in [0.15, 0.2) is 23.1 Å². The van der Waals surface area contributed by atoms with Crippen LogP contribution >= 0.6 is 0 Å². The number of hydrogen-bond acceptors (Lipinski definition) is 4. The molecule has 5 nitrogen and oxygen atoms in total. The van der Waals surface area contributed by atoms with Crippen LogP contribution in [0.3, 0.4) is 0 Å². The molecule has 0 radical (unpaired) electrons. The van der Waals surface area contributed by atoms with Crippen LogP contribution in [0.25, 0.3) is 0 Å². The molecule has 3 heterocycles. The molecule has 0 saturated carbocycles. The van der Waals surface area contributed by atoms with Crippen LogP contribution in [0, 0.1) is 11.6 Å². The minimum Gasteiger partial charge on any atom is -0.371 e. The first-order chi connectivity index (χ1) is 11.9. The predicted molar refractivity (Wildman–Crippen MR) is 87.6 cm³/mol. The predicted octanol–water partition coefficient (Wildman–Crippen LogP) is 1.98. The zero-order valence-electron chi connectivity index (χ0n) is 14.0. The van der Waals surface area contributed by atoms with Gasteiger partial charge in [0.1, 0.15) is 0 Å². The second-order valence-electron chi connectivity index (χ2n) is 7.30. The molecule has 0 amide bonds. The van der Waals surface area contributed by atoms with Gasteiger partial charge in [-0.3, -0.25) is 4.90 Å². The lowest BCUT2D eigenvalue weighted by molar-refractivity contribution is -0.0774. The van der Waals surface area contributed by atoms with Gasteiger partial charge in [0.15, 0.2) is 11.6 Å². The molecule has 1 aromatic rings. The van der Waals surface area contributed by atoms with Crippen molar-refractivity contribution in [3.8, 4) is 0 Å². The smallest absolute Gasteiger partial charge is 0.243 e. The van der Waals surface area contributed by atoms with Crippen molar-refractivity contribution in [3.05, 3.63) is 29.8 Å². The quantitative estimate of drug-likeness (QED) is 0.814. The molecule has 1 atom stereocenters. The maximum Gasteiger partial charge on any atom is 0.243 e. The van der Waals surface area contributed by atoms with Crippen LogP contribution in [0.2, 0.25) is 0 Å². The first kappa shape index (κ1) is 17.3. The molecule has 3 fully saturated rings. The molecule has 1 unspecified atom stereocenters. The molecule has 8 heteroatoms. The standard InChI is InChI=1S/C17H22F2N2O3S/c18-15-5-4-14(8-16(15)19)25(22,23)21-11-17(12-21)9-13(10-24-17)20-6-2-1-3-7-20/h4-5,8,13H,1-3,6-7,9-12H2. The summed E-state index contributed by atoms with van der Waals surface area (Å²) in [6, 6.07) is 3.04. The molecule has 0 aliphatic carbocycles. The summed E-state index contributed by atoms with van der Waals surface area (Å²) >= 11 is 0. The monoisotopic (exact) mass is 372 g/mol. The molecule has 25 heavy (non-hydrogen) atoms. The number of benzene rings is 1. The van der Waals surface area contributed by atoms with E-state index < -0.39 is 27.3 Å². The highest BCUT2D eigenvalue weighted by atomic mass is 32.2. The van der Waals surface area contributed by atoms with Gasteiger partial charge in [0.05, 0.1) is 17.1 Å². The number of hydrogen-bond donors (Lipinski definition) is 0. The Kier molecular flexibility index (Phi) is 4.34. The van der Waals surface area contributed by atoms with E-state index in [0.29, 0.717) is 12.6 Å². The lowest BCUT2D eigenvalue weighted by Gasteiger charge is -2.46. The minimum absolute atomic E-state index is 0.216. The fraction of sp³-hybridized carbons (Fsp3) is 0.647. The number of likely N-dealkylation sites (tertiary alicyclic amines) is 1. The Morgan fingerprint density at radius 2 is 1.80 bits per heavy atom. The SMILES string of the molecule is O=S(=O)(c1ccc(F)c(F)c1)N1CC2(CC(N3CCCCC3)CO2)C1. The third-order valence-corrected chi connectivity index (χ3v) is 7.34. The van der Waals surface area contributed by atoms with E-state index in [1.165, 1.54) is 23.6 Å². The van der Waals surface area contributed by atoms with Gasteiger partial charge in [-0.25, -0.2) is 17.2 Å². The Morgan fingerprint density at radius 1 is 1.08 bits per heavy atom. The summed E-state index contributed by atoms with van der Waals surface area (Å²) in [4.78, 5) is 2.23. The first-order valence-electron chi connectivity index (χ1n) is 8.73. The van der Waals surface area contributed by atoms with Gasteiger partial charge in [0.25, 0.3) is 0 Å². The molecule has 0 aromatic heterocycles. The molecule has 0 N–H and O–H groups in total. The average Bonchev–Trinajstić information content (AvgIpc) is 3.02. The van der Waals surface area contributed by atoms with E-state index in [-0.39, 0.29) is 18.0 Å². The Labute approximate surface area is 146 Å². The zero-order valence-corrected chi connectivity index (χ0v) is 14.8. The zero-order chi connectivity index (χ0) is 17.7. The van der Waals surface area contributed by atoms with Crippen molar-refractivity contribution >= 4 is 10.0 Å². The molecule has 3 aliphatic heterocycles. The van der Waals surface area contributed by atoms with Crippen molar-refractivity contribution < 1.29 is 21.9 Å². The second-order valence-corrected chi connectivity index (χ2v) is 9.24. The van der Waals surface area contributed by atoms with Crippen LogP contribution in [-0.4, -0.2) is 62.1 Å². The third-order valence-electron chi connectivity index (χ3n) is 5.55. The minimum atomic E-state index is -3.81. The van der Waals surface area contributed by atoms with Gasteiger partial charge in [-0.1, -0.05) is 6.42 Å². The molecule has 1 spiro atoms. The van der Waals surface area contributed by atoms with Crippen molar-refractivity contribution in [2.24, 2.45) is 0 Å². The maximum absolute atomic E-state index is 13.4. The topological polar surface area (TPSA) is 49.9 Å². The molecule has 0 bridgehead atoms. The van der Waals surface area contributed by atoms with Crippen LogP contribution in [-0.2, 0) is 14.8 Å². The van der Waals surface area contributed by atoms with Crippen LogP contribution < -0.4 is 0 Å². The molecule has 138 valence electrons. The molecule has 1 aromatic carbocycles. The molecule has 3 aliphatic rings. The van der Waals surface area contributed by atoms with Gasteiger partial charge < -0.3 is 4.74 Å². The van der Waals surface area contributed by atoms with E-state index in [9.17, 15) is 17.2 Å². The van der Waals surface area contributed by atoms with E-state index in [1.807, 2.05) is 0 Å². The summed E-state index contributed by atoms with van der Waals surface area (Å²) in [7, 11) is -3.81. The van der Waals surface area contributed by atoms with Gasteiger partial charge in [0, 0.05) is 19.1 Å². The van der Waals surface area contributed by atoms with Crippen molar-refractivity contribution in [2.45, 2.75) is 42.2 Å². The Morgan fingerprint density at radius 3 is 2.48 bits per heavy atom. The summed E-state index contributed by atoms with van der Waals surface area (Å²) in [5.74, 6) is -2.21. The lowest BCUT2D eigenvalue weighted by Crippen LogP contribution is -2.63. The number of rotatable bonds is 3. The Hall–Kier alpha value is -1.09. The highest BCUT2D eigenvalue weighted by Gasteiger charge is 2.54. The highest BCUT2D eigenvalue weighted by molar-refractivity contribution is 7.89. The Bertz CT molecular complexity index is 759. The van der Waals surface area contributed by atoms with E-state index in [2.05, 4.69) is 4.90 Å². The summed E-state index contributed by atoms with van der Waals surface area (Å²) < 4.78 is 58.8. The van der Waals surface area contributed by atoms with Gasteiger partial charge in [-0.05, 0) is 50.6 Å². The number of piperidine rings is 1. The molecular weight excluding hydrogens is 350 g/mol. The van der Waals surface area contributed by atoms with Crippen molar-refractivity contribution in [1.29, 1.82) is 0 Å². The molecular formula is C17H22F2N2O3S. The largest absolute Gasteiger partial charge is 0.371 e. The Balaban J connectivity index is 1.42. The van der Waals surface area contributed by atoms with Gasteiger partial charge in [-0.15, -0.1) is 0 Å².